The number of nitrogens with one attached hydrogen (secondary N) is 1. The number of hydrogen-bond donors (Lipinski definition) is 1. The van der Waals surface area contributed by atoms with Gasteiger partial charge in [0.25, 0.3) is 0 Å². The Bertz CT molecular complexity index is 1000. The quantitative estimate of drug-likeness (QED) is 0.452. The van der Waals surface area contributed by atoms with Crippen molar-refractivity contribution in [2.45, 2.75) is 51.9 Å². The number of rotatable bonds is 5. The van der Waals surface area contributed by atoms with Crippen LogP contribution in [0.3, 0.4) is 0 Å². The lowest BCUT2D eigenvalue weighted by Crippen LogP contribution is -2.27. The number of benzene rings is 2. The SMILES string of the molecule is CC(=O)c1c[nH]c2cc(Cl)c(F)cc12.CCCC1(CCC)COc2ccccc21. The first kappa shape index (κ1) is 21.4. The number of Topliss-reactive ketones (excluding diaryl/α,β-unsaturated/α-hetero) is 1. The van der Waals surface area contributed by atoms with E-state index in [2.05, 4.69) is 43.1 Å². The van der Waals surface area contributed by atoms with E-state index in [0.29, 0.717) is 21.9 Å². The van der Waals surface area contributed by atoms with Crippen molar-refractivity contribution in [3.8, 4) is 5.75 Å². The van der Waals surface area contributed by atoms with E-state index in [1.54, 1.807) is 6.20 Å². The molecule has 0 atom stereocenters. The van der Waals surface area contributed by atoms with E-state index < -0.39 is 5.82 Å². The molecule has 3 nitrogen and oxygen atoms in total. The summed E-state index contributed by atoms with van der Waals surface area (Å²) < 4.78 is 18.9. The highest BCUT2D eigenvalue weighted by molar-refractivity contribution is 6.31. The molecule has 3 aromatic rings. The van der Waals surface area contributed by atoms with E-state index in [0.717, 1.165) is 12.4 Å². The number of para-hydroxylation sites is 1. The van der Waals surface area contributed by atoms with Gasteiger partial charge in [0.2, 0.25) is 0 Å². The van der Waals surface area contributed by atoms with E-state index in [4.69, 9.17) is 16.3 Å². The van der Waals surface area contributed by atoms with Crippen molar-refractivity contribution in [3.63, 3.8) is 0 Å². The van der Waals surface area contributed by atoms with Crippen LogP contribution in [0.2, 0.25) is 5.02 Å². The molecule has 1 aromatic heterocycles. The second kappa shape index (κ2) is 9.00. The highest BCUT2D eigenvalue weighted by atomic mass is 35.5. The second-order valence-corrected chi connectivity index (χ2v) is 8.04. The van der Waals surface area contributed by atoms with Gasteiger partial charge in [-0.3, -0.25) is 4.79 Å². The minimum absolute atomic E-state index is 0.0504. The van der Waals surface area contributed by atoms with Crippen LogP contribution in [0.25, 0.3) is 10.9 Å². The molecule has 5 heteroatoms. The molecule has 0 radical (unpaired) electrons. The fourth-order valence-electron chi connectivity index (χ4n) is 4.23. The highest BCUT2D eigenvalue weighted by Crippen LogP contribution is 2.44. The van der Waals surface area contributed by atoms with E-state index in [1.165, 1.54) is 50.3 Å². The third kappa shape index (κ3) is 4.32. The molecule has 0 bridgehead atoms. The molecule has 4 rings (SSSR count). The molecule has 0 saturated carbocycles. The zero-order valence-corrected chi connectivity index (χ0v) is 17.9. The van der Waals surface area contributed by atoms with Gasteiger partial charge < -0.3 is 9.72 Å². The highest BCUT2D eigenvalue weighted by Gasteiger charge is 2.38. The predicted octanol–water partition coefficient (Wildman–Crippen LogP) is 7.08. The molecule has 0 aliphatic carbocycles. The van der Waals surface area contributed by atoms with Crippen molar-refractivity contribution in [1.82, 2.24) is 4.98 Å². The predicted molar refractivity (Wildman–Crippen MR) is 117 cm³/mol. The number of aromatic nitrogens is 1. The van der Waals surface area contributed by atoms with Crippen LogP contribution in [0.1, 0.15) is 62.4 Å². The molecule has 29 heavy (non-hydrogen) atoms. The van der Waals surface area contributed by atoms with Crippen molar-refractivity contribution in [1.29, 1.82) is 0 Å². The number of halogens is 2. The number of carbonyl (C=O) groups is 1. The lowest BCUT2D eigenvalue weighted by Gasteiger charge is -2.27. The van der Waals surface area contributed by atoms with Crippen LogP contribution in [0.15, 0.2) is 42.6 Å². The number of H-pyrrole nitrogens is 1. The van der Waals surface area contributed by atoms with E-state index in [-0.39, 0.29) is 10.8 Å². The van der Waals surface area contributed by atoms with Gasteiger partial charge in [0.05, 0.1) is 11.6 Å². The summed E-state index contributed by atoms with van der Waals surface area (Å²) in [5, 5.41) is 0.619. The number of aromatic amines is 1. The lowest BCUT2D eigenvalue weighted by atomic mass is 9.75. The van der Waals surface area contributed by atoms with Crippen LogP contribution >= 0.6 is 11.6 Å². The van der Waals surface area contributed by atoms with Crippen LogP contribution < -0.4 is 4.74 Å². The summed E-state index contributed by atoms with van der Waals surface area (Å²) in [6, 6.07) is 11.3. The number of fused-ring (bicyclic) bond motifs is 2. The van der Waals surface area contributed by atoms with Crippen molar-refractivity contribution < 1.29 is 13.9 Å². The number of carbonyl (C=O) groups excluding carboxylic acids is 1. The smallest absolute Gasteiger partial charge is 0.161 e. The number of ketones is 1. The summed E-state index contributed by atoms with van der Waals surface area (Å²) in [6.45, 7) is 6.85. The summed E-state index contributed by atoms with van der Waals surface area (Å²) in [4.78, 5) is 14.0. The molecular formula is C24H27ClFNO2. The molecule has 1 aliphatic heterocycles. The topological polar surface area (TPSA) is 42.1 Å². The van der Waals surface area contributed by atoms with Crippen LogP contribution in [0.5, 0.6) is 5.75 Å². The fourth-order valence-corrected chi connectivity index (χ4v) is 4.39. The maximum absolute atomic E-state index is 13.1. The first-order chi connectivity index (χ1) is 13.9. The van der Waals surface area contributed by atoms with Gasteiger partial charge in [-0.05, 0) is 38.0 Å². The number of hydrogen-bond acceptors (Lipinski definition) is 2. The van der Waals surface area contributed by atoms with Gasteiger partial charge in [0.15, 0.2) is 5.78 Å². The van der Waals surface area contributed by atoms with Crippen molar-refractivity contribution >= 4 is 28.3 Å². The summed E-state index contributed by atoms with van der Waals surface area (Å²) in [7, 11) is 0. The fraction of sp³-hybridized carbons (Fsp3) is 0.375. The summed E-state index contributed by atoms with van der Waals surface area (Å²) in [5.74, 6) is 0.499. The zero-order valence-electron chi connectivity index (χ0n) is 17.1. The molecule has 154 valence electrons. The van der Waals surface area contributed by atoms with E-state index in [9.17, 15) is 9.18 Å². The standard InChI is InChI=1S/C14H20O.C10H7ClFNO/c1-3-9-14(10-4-2)11-15-13-8-6-5-7-12(13)14;1-5(14)7-4-13-10-3-8(11)9(12)2-6(7)10/h5-8H,3-4,9-11H2,1-2H3;2-4,13H,1H3. The summed E-state index contributed by atoms with van der Waals surface area (Å²) in [6.07, 6.45) is 6.52. The maximum Gasteiger partial charge on any atom is 0.161 e. The lowest BCUT2D eigenvalue weighted by molar-refractivity contribution is 0.101. The Morgan fingerprint density at radius 1 is 1.21 bits per heavy atom. The summed E-state index contributed by atoms with van der Waals surface area (Å²) >= 11 is 5.60. The number of ether oxygens (including phenoxy) is 1. The Balaban J connectivity index is 0.000000166. The van der Waals surface area contributed by atoms with Crippen LogP contribution in [-0.4, -0.2) is 17.4 Å². The Morgan fingerprint density at radius 2 is 1.90 bits per heavy atom. The van der Waals surface area contributed by atoms with Gasteiger partial charge in [-0.15, -0.1) is 0 Å². The molecule has 0 unspecified atom stereocenters. The van der Waals surface area contributed by atoms with Crippen LogP contribution in [0.4, 0.5) is 4.39 Å². The Hall–Kier alpha value is -2.33. The Labute approximate surface area is 176 Å². The normalized spacial score (nSPS) is 14.1. The molecule has 0 amide bonds. The summed E-state index contributed by atoms with van der Waals surface area (Å²) in [5.41, 5.74) is 2.89. The second-order valence-electron chi connectivity index (χ2n) is 7.64. The van der Waals surface area contributed by atoms with Crippen LogP contribution in [0, 0.1) is 5.82 Å². The van der Waals surface area contributed by atoms with Gasteiger partial charge in [-0.2, -0.15) is 0 Å². The van der Waals surface area contributed by atoms with Gasteiger partial charge >= 0.3 is 0 Å². The van der Waals surface area contributed by atoms with Crippen molar-refractivity contribution in [3.05, 3.63) is 64.6 Å². The Kier molecular flexibility index (Phi) is 6.63. The molecule has 0 spiro atoms. The molecule has 0 fully saturated rings. The van der Waals surface area contributed by atoms with Crippen LogP contribution in [-0.2, 0) is 5.41 Å². The monoisotopic (exact) mass is 415 g/mol. The molecule has 0 saturated heterocycles. The molecular weight excluding hydrogens is 389 g/mol. The van der Waals surface area contributed by atoms with Gasteiger partial charge in [0, 0.05) is 33.6 Å². The first-order valence-corrected chi connectivity index (χ1v) is 10.5. The average molecular weight is 416 g/mol. The van der Waals surface area contributed by atoms with Gasteiger partial charge in [-0.25, -0.2) is 4.39 Å². The largest absolute Gasteiger partial charge is 0.492 e. The molecule has 1 aliphatic rings. The minimum Gasteiger partial charge on any atom is -0.492 e. The van der Waals surface area contributed by atoms with E-state index >= 15 is 0 Å². The zero-order chi connectivity index (χ0) is 21.0. The minimum atomic E-state index is -0.513. The van der Waals surface area contributed by atoms with Gasteiger partial charge in [-0.1, -0.05) is 56.5 Å². The Morgan fingerprint density at radius 3 is 2.55 bits per heavy atom. The third-order valence-electron chi connectivity index (χ3n) is 5.52. The van der Waals surface area contributed by atoms with Gasteiger partial charge in [0.1, 0.15) is 11.6 Å². The molecule has 1 N–H and O–H groups in total. The average Bonchev–Trinajstić information content (AvgIpc) is 3.26. The third-order valence-corrected chi connectivity index (χ3v) is 5.81. The van der Waals surface area contributed by atoms with E-state index in [1.807, 2.05) is 0 Å². The van der Waals surface area contributed by atoms with Crippen molar-refractivity contribution in [2.75, 3.05) is 6.61 Å². The molecule has 2 aromatic carbocycles. The first-order valence-electron chi connectivity index (χ1n) is 10.1. The maximum atomic E-state index is 13.1. The molecule has 2 heterocycles. The van der Waals surface area contributed by atoms with Crippen molar-refractivity contribution in [2.24, 2.45) is 0 Å².